The van der Waals surface area contributed by atoms with Gasteiger partial charge in [0.05, 0.1) is 17.7 Å². The predicted molar refractivity (Wildman–Crippen MR) is 144 cm³/mol. The number of hydrogen-bond acceptors (Lipinski definition) is 5. The van der Waals surface area contributed by atoms with Crippen LogP contribution in [0.4, 0.5) is 11.4 Å². The van der Waals surface area contributed by atoms with E-state index in [2.05, 4.69) is 0 Å². The molecule has 0 spiro atoms. The van der Waals surface area contributed by atoms with Crippen LogP contribution in [0.2, 0.25) is 0 Å². The topological polar surface area (TPSA) is 70.1 Å². The highest BCUT2D eigenvalue weighted by atomic mass is 16.5. The molecule has 1 aliphatic rings. The van der Waals surface area contributed by atoms with E-state index in [1.165, 1.54) is 4.90 Å². The number of rotatable bonds is 6. The maximum atomic E-state index is 13.4. The van der Waals surface area contributed by atoms with Gasteiger partial charge in [-0.05, 0) is 86.8 Å². The van der Waals surface area contributed by atoms with Crippen LogP contribution in [0.25, 0.3) is 5.76 Å². The highest BCUT2D eigenvalue weighted by Crippen LogP contribution is 2.43. The van der Waals surface area contributed by atoms with Gasteiger partial charge in [0, 0.05) is 31.0 Å². The molecule has 0 aliphatic carbocycles. The van der Waals surface area contributed by atoms with Gasteiger partial charge in [0.1, 0.15) is 11.5 Å². The van der Waals surface area contributed by atoms with Crippen LogP contribution in [0.3, 0.4) is 0 Å². The highest BCUT2D eigenvalue weighted by Gasteiger charge is 2.47. The number of carbonyl (C=O) groups is 2. The summed E-state index contributed by atoms with van der Waals surface area (Å²) in [6.07, 6.45) is 0.0153. The van der Waals surface area contributed by atoms with Crippen LogP contribution in [0.15, 0.2) is 72.3 Å². The van der Waals surface area contributed by atoms with Crippen molar-refractivity contribution >= 4 is 28.8 Å². The molecule has 1 atom stereocenters. The van der Waals surface area contributed by atoms with E-state index >= 15 is 0 Å². The van der Waals surface area contributed by atoms with Crippen molar-refractivity contribution in [1.82, 2.24) is 0 Å². The van der Waals surface area contributed by atoms with E-state index in [0.29, 0.717) is 22.6 Å². The first kappa shape index (κ1) is 25.0. The number of ether oxygens (including phenoxy) is 1. The molecule has 0 radical (unpaired) electrons. The van der Waals surface area contributed by atoms with Crippen molar-refractivity contribution in [2.24, 2.45) is 0 Å². The Morgan fingerprint density at radius 2 is 1.56 bits per heavy atom. The zero-order valence-electron chi connectivity index (χ0n) is 21.6. The van der Waals surface area contributed by atoms with Gasteiger partial charge in [-0.25, -0.2) is 0 Å². The SMILES string of the molecule is Cc1ccc(/C(O)=C2/C(=O)C(=O)N(c3ccc(N(C)C)cc3)C2c2ccc(OC(C)C)cc2)cc1C. The maximum absolute atomic E-state index is 13.4. The molecule has 6 heteroatoms. The minimum atomic E-state index is -0.787. The number of anilines is 2. The van der Waals surface area contributed by atoms with Gasteiger partial charge in [-0.15, -0.1) is 0 Å². The van der Waals surface area contributed by atoms with Crippen molar-refractivity contribution in [1.29, 1.82) is 0 Å². The number of Topliss-reactive ketones (excluding diaryl/α,β-unsaturated/α-hetero) is 1. The number of aliphatic hydroxyl groups excluding tert-OH is 1. The summed E-state index contributed by atoms with van der Waals surface area (Å²) in [6, 6.07) is 19.5. The summed E-state index contributed by atoms with van der Waals surface area (Å²) in [5.41, 5.74) is 4.88. The predicted octanol–water partition coefficient (Wildman–Crippen LogP) is 5.78. The molecule has 1 saturated heterocycles. The van der Waals surface area contributed by atoms with Crippen molar-refractivity contribution in [3.8, 4) is 5.75 Å². The van der Waals surface area contributed by atoms with Gasteiger partial charge in [0.25, 0.3) is 11.7 Å². The fraction of sp³-hybridized carbons (Fsp3) is 0.267. The van der Waals surface area contributed by atoms with Gasteiger partial charge in [0.15, 0.2) is 0 Å². The molecule has 0 aromatic heterocycles. The molecule has 4 rings (SSSR count). The first-order valence-corrected chi connectivity index (χ1v) is 12.0. The number of benzene rings is 3. The smallest absolute Gasteiger partial charge is 0.300 e. The van der Waals surface area contributed by atoms with Gasteiger partial charge in [-0.1, -0.05) is 24.3 Å². The fourth-order valence-electron chi connectivity index (χ4n) is 4.37. The molecular formula is C30H32N2O4. The van der Waals surface area contributed by atoms with Crippen LogP contribution < -0.4 is 14.5 Å². The largest absolute Gasteiger partial charge is 0.507 e. The van der Waals surface area contributed by atoms with Crippen LogP contribution in [-0.2, 0) is 9.59 Å². The molecule has 1 fully saturated rings. The number of aryl methyl sites for hydroxylation is 2. The Morgan fingerprint density at radius 3 is 2.11 bits per heavy atom. The molecule has 0 saturated carbocycles. The van der Waals surface area contributed by atoms with E-state index in [1.807, 2.05) is 107 Å². The summed E-state index contributed by atoms with van der Waals surface area (Å²) in [4.78, 5) is 30.2. The third kappa shape index (κ3) is 4.71. The quantitative estimate of drug-likeness (QED) is 0.273. The third-order valence-corrected chi connectivity index (χ3v) is 6.44. The fourth-order valence-corrected chi connectivity index (χ4v) is 4.37. The number of hydrogen-bond donors (Lipinski definition) is 1. The van der Waals surface area contributed by atoms with Crippen LogP contribution in [0.1, 0.15) is 42.1 Å². The van der Waals surface area contributed by atoms with E-state index in [0.717, 1.165) is 16.8 Å². The Bertz CT molecular complexity index is 1320. The van der Waals surface area contributed by atoms with Gasteiger partial charge in [-0.2, -0.15) is 0 Å². The Kier molecular flexibility index (Phi) is 6.88. The van der Waals surface area contributed by atoms with Crippen LogP contribution in [0.5, 0.6) is 5.75 Å². The van der Waals surface area contributed by atoms with Crippen molar-refractivity contribution in [2.75, 3.05) is 23.9 Å². The molecule has 1 unspecified atom stereocenters. The average Bonchev–Trinajstić information content (AvgIpc) is 3.11. The second kappa shape index (κ2) is 9.90. The Hall–Kier alpha value is -4.06. The van der Waals surface area contributed by atoms with Crippen molar-refractivity contribution < 1.29 is 19.4 Å². The first-order chi connectivity index (χ1) is 17.1. The number of aliphatic hydroxyl groups is 1. The summed E-state index contributed by atoms with van der Waals surface area (Å²) >= 11 is 0. The van der Waals surface area contributed by atoms with E-state index < -0.39 is 17.7 Å². The summed E-state index contributed by atoms with van der Waals surface area (Å²) < 4.78 is 5.78. The van der Waals surface area contributed by atoms with Crippen molar-refractivity contribution in [3.05, 3.63) is 94.6 Å². The Balaban J connectivity index is 1.88. The molecule has 1 aliphatic heterocycles. The Labute approximate surface area is 212 Å². The average molecular weight is 485 g/mol. The lowest BCUT2D eigenvalue weighted by atomic mass is 9.94. The zero-order valence-corrected chi connectivity index (χ0v) is 21.6. The second-order valence-corrected chi connectivity index (χ2v) is 9.61. The van der Waals surface area contributed by atoms with Gasteiger partial charge >= 0.3 is 0 Å². The summed E-state index contributed by atoms with van der Waals surface area (Å²) in [5, 5.41) is 11.4. The Morgan fingerprint density at radius 1 is 0.917 bits per heavy atom. The lowest BCUT2D eigenvalue weighted by molar-refractivity contribution is -0.132. The van der Waals surface area contributed by atoms with E-state index in [4.69, 9.17) is 4.74 Å². The molecule has 1 N–H and O–H groups in total. The van der Waals surface area contributed by atoms with Crippen LogP contribution in [-0.4, -0.2) is 37.0 Å². The molecule has 1 amide bonds. The molecular weight excluding hydrogens is 452 g/mol. The summed E-state index contributed by atoms with van der Waals surface area (Å²) in [7, 11) is 3.87. The third-order valence-electron chi connectivity index (χ3n) is 6.44. The molecule has 36 heavy (non-hydrogen) atoms. The van der Waals surface area contributed by atoms with Crippen molar-refractivity contribution in [2.45, 2.75) is 39.8 Å². The summed E-state index contributed by atoms with van der Waals surface area (Å²) in [5.74, 6) is -0.882. The van der Waals surface area contributed by atoms with Gasteiger partial charge in [-0.3, -0.25) is 14.5 Å². The molecule has 3 aromatic rings. The molecule has 1 heterocycles. The van der Waals surface area contributed by atoms with Crippen molar-refractivity contribution in [3.63, 3.8) is 0 Å². The van der Waals surface area contributed by atoms with E-state index in [1.54, 1.807) is 6.07 Å². The highest BCUT2D eigenvalue weighted by molar-refractivity contribution is 6.51. The molecule has 3 aromatic carbocycles. The molecule has 0 bridgehead atoms. The maximum Gasteiger partial charge on any atom is 0.300 e. The van der Waals surface area contributed by atoms with E-state index in [-0.39, 0.29) is 17.4 Å². The minimum absolute atomic E-state index is 0.0153. The first-order valence-electron chi connectivity index (χ1n) is 12.0. The number of carbonyl (C=O) groups excluding carboxylic acids is 2. The molecule has 6 nitrogen and oxygen atoms in total. The van der Waals surface area contributed by atoms with Crippen LogP contribution >= 0.6 is 0 Å². The normalized spacial score (nSPS) is 17.1. The zero-order chi connectivity index (χ0) is 26.1. The van der Waals surface area contributed by atoms with Crippen LogP contribution in [0, 0.1) is 13.8 Å². The monoisotopic (exact) mass is 484 g/mol. The standard InChI is InChI=1S/C30H32N2O4/c1-18(2)36-25-15-9-21(10-16-25)27-26(28(33)22-8-7-19(3)20(4)17-22)29(34)30(35)32(27)24-13-11-23(12-14-24)31(5)6/h7-18,27,33H,1-6H3/b28-26-. The number of nitrogens with zero attached hydrogens (tertiary/aromatic N) is 2. The van der Waals surface area contributed by atoms with Gasteiger partial charge in [0.2, 0.25) is 0 Å². The molecule has 186 valence electrons. The summed E-state index contributed by atoms with van der Waals surface area (Å²) in [6.45, 7) is 7.83. The second-order valence-electron chi connectivity index (χ2n) is 9.61. The van der Waals surface area contributed by atoms with Gasteiger partial charge < -0.3 is 14.7 Å². The van der Waals surface area contributed by atoms with E-state index in [9.17, 15) is 14.7 Å². The lowest BCUT2D eigenvalue weighted by Gasteiger charge is -2.26. The number of ketones is 1. The number of amides is 1. The minimum Gasteiger partial charge on any atom is -0.507 e. The lowest BCUT2D eigenvalue weighted by Crippen LogP contribution is -2.29.